The third-order valence-electron chi connectivity index (χ3n) is 2.73. The van der Waals surface area contributed by atoms with E-state index in [9.17, 15) is 0 Å². The van der Waals surface area contributed by atoms with Crippen LogP contribution in [0.15, 0.2) is 18.2 Å². The van der Waals surface area contributed by atoms with Gasteiger partial charge in [0.2, 0.25) is 5.95 Å². The molecule has 0 bridgehead atoms. The van der Waals surface area contributed by atoms with Crippen molar-refractivity contribution in [3.63, 3.8) is 0 Å². The van der Waals surface area contributed by atoms with Crippen molar-refractivity contribution in [2.75, 3.05) is 18.6 Å². The molecular weight excluding hydrogens is 242 g/mol. The number of anilines is 2. The molecule has 0 unspecified atom stereocenters. The fraction of sp³-hybridized carbons (Fsp3) is 0.154. The van der Waals surface area contributed by atoms with Crippen LogP contribution >= 0.6 is 0 Å². The van der Waals surface area contributed by atoms with E-state index in [1.165, 1.54) is 0 Å². The molecular formula is C13H13N5O. The van der Waals surface area contributed by atoms with Gasteiger partial charge in [-0.25, -0.2) is 4.98 Å². The first-order chi connectivity index (χ1) is 9.06. The number of nitrogens with zero attached hydrogens (tertiary/aromatic N) is 3. The molecule has 6 heteroatoms. The van der Waals surface area contributed by atoms with Crippen LogP contribution in [-0.2, 0) is 0 Å². The van der Waals surface area contributed by atoms with Crippen molar-refractivity contribution in [1.82, 2.24) is 9.97 Å². The summed E-state index contributed by atoms with van der Waals surface area (Å²) in [6.07, 6.45) is 0. The predicted octanol–water partition coefficient (Wildman–Crippen LogP) is 1.50. The number of ether oxygens (including phenoxy) is 1. The van der Waals surface area contributed by atoms with Gasteiger partial charge in [-0.3, -0.25) is 0 Å². The molecule has 19 heavy (non-hydrogen) atoms. The standard InChI is InChI=1S/C13H13N5O/c1-7-5-8(3-4-10(7)19-2)11-9(6-14)12(15)18-13(16)17-11/h3-5H,1-2H3,(H4,15,16,17,18). The summed E-state index contributed by atoms with van der Waals surface area (Å²) < 4.78 is 5.19. The van der Waals surface area contributed by atoms with Crippen molar-refractivity contribution in [3.05, 3.63) is 29.3 Å². The first kappa shape index (κ1) is 12.6. The first-order valence-electron chi connectivity index (χ1n) is 5.55. The number of hydrogen-bond donors (Lipinski definition) is 2. The maximum absolute atomic E-state index is 9.15. The Hall–Kier alpha value is -2.81. The molecule has 0 saturated carbocycles. The Morgan fingerprint density at radius 2 is 2.00 bits per heavy atom. The number of methoxy groups -OCH3 is 1. The average molecular weight is 255 g/mol. The maximum Gasteiger partial charge on any atom is 0.222 e. The molecule has 6 nitrogen and oxygen atoms in total. The quantitative estimate of drug-likeness (QED) is 0.841. The van der Waals surface area contributed by atoms with Crippen LogP contribution in [0, 0.1) is 18.3 Å². The van der Waals surface area contributed by atoms with Crippen LogP contribution in [-0.4, -0.2) is 17.1 Å². The molecule has 96 valence electrons. The van der Waals surface area contributed by atoms with E-state index in [4.69, 9.17) is 21.5 Å². The van der Waals surface area contributed by atoms with Gasteiger partial charge in [0.15, 0.2) is 0 Å². The summed E-state index contributed by atoms with van der Waals surface area (Å²) in [6, 6.07) is 7.47. The molecule has 0 atom stereocenters. The monoisotopic (exact) mass is 255 g/mol. The van der Waals surface area contributed by atoms with Crippen LogP contribution in [0.3, 0.4) is 0 Å². The van der Waals surface area contributed by atoms with Crippen LogP contribution in [0.1, 0.15) is 11.1 Å². The largest absolute Gasteiger partial charge is 0.496 e. The summed E-state index contributed by atoms with van der Waals surface area (Å²) in [5, 5.41) is 9.15. The van der Waals surface area contributed by atoms with Gasteiger partial charge < -0.3 is 16.2 Å². The summed E-state index contributed by atoms with van der Waals surface area (Å²) in [6.45, 7) is 1.91. The van der Waals surface area contributed by atoms with Crippen LogP contribution in [0.25, 0.3) is 11.3 Å². The van der Waals surface area contributed by atoms with Crippen LogP contribution in [0.5, 0.6) is 5.75 Å². The smallest absolute Gasteiger partial charge is 0.222 e. The third-order valence-corrected chi connectivity index (χ3v) is 2.73. The van der Waals surface area contributed by atoms with E-state index >= 15 is 0 Å². The Bertz CT molecular complexity index is 675. The highest BCUT2D eigenvalue weighted by Gasteiger charge is 2.14. The minimum Gasteiger partial charge on any atom is -0.496 e. The van der Waals surface area contributed by atoms with E-state index in [1.807, 2.05) is 19.1 Å². The van der Waals surface area contributed by atoms with Gasteiger partial charge in [0.05, 0.1) is 12.8 Å². The zero-order chi connectivity index (χ0) is 14.0. The second kappa shape index (κ2) is 4.82. The van der Waals surface area contributed by atoms with Gasteiger partial charge >= 0.3 is 0 Å². The molecule has 1 aromatic carbocycles. The average Bonchev–Trinajstić information content (AvgIpc) is 2.37. The molecule has 1 aromatic heterocycles. The van der Waals surface area contributed by atoms with Crippen LogP contribution < -0.4 is 16.2 Å². The number of nitrogen functional groups attached to an aromatic ring is 2. The van der Waals surface area contributed by atoms with Crippen molar-refractivity contribution >= 4 is 11.8 Å². The summed E-state index contributed by atoms with van der Waals surface area (Å²) in [4.78, 5) is 7.88. The number of hydrogen-bond acceptors (Lipinski definition) is 6. The van der Waals surface area contributed by atoms with Crippen molar-refractivity contribution in [1.29, 1.82) is 5.26 Å². The lowest BCUT2D eigenvalue weighted by atomic mass is 10.0. The number of nitriles is 1. The molecule has 0 spiro atoms. The van der Waals surface area contributed by atoms with Gasteiger partial charge in [0.25, 0.3) is 0 Å². The molecule has 1 heterocycles. The number of benzene rings is 1. The second-order valence-electron chi connectivity index (χ2n) is 3.99. The summed E-state index contributed by atoms with van der Waals surface area (Å²) >= 11 is 0. The third kappa shape index (κ3) is 2.26. The Morgan fingerprint density at radius 3 is 2.58 bits per heavy atom. The molecule has 2 aromatic rings. The van der Waals surface area contributed by atoms with Crippen molar-refractivity contribution in [2.45, 2.75) is 6.92 Å². The van der Waals surface area contributed by atoms with E-state index in [2.05, 4.69) is 9.97 Å². The number of rotatable bonds is 2. The van der Waals surface area contributed by atoms with Gasteiger partial charge in [-0.2, -0.15) is 10.2 Å². The molecule has 0 amide bonds. The van der Waals surface area contributed by atoms with E-state index in [0.717, 1.165) is 16.9 Å². The van der Waals surface area contributed by atoms with Gasteiger partial charge in [0.1, 0.15) is 23.2 Å². The molecule has 0 saturated heterocycles. The second-order valence-corrected chi connectivity index (χ2v) is 3.99. The topological polar surface area (TPSA) is 111 Å². The SMILES string of the molecule is COc1ccc(-c2nc(N)nc(N)c2C#N)cc1C. The van der Waals surface area contributed by atoms with Gasteiger partial charge in [-0.15, -0.1) is 0 Å². The Balaban J connectivity index is 2.65. The highest BCUT2D eigenvalue weighted by atomic mass is 16.5. The Labute approximate surface area is 110 Å². The number of aromatic nitrogens is 2. The number of aryl methyl sites for hydroxylation is 1. The van der Waals surface area contributed by atoms with E-state index in [0.29, 0.717) is 5.69 Å². The van der Waals surface area contributed by atoms with Crippen molar-refractivity contribution in [2.24, 2.45) is 0 Å². The van der Waals surface area contributed by atoms with E-state index in [1.54, 1.807) is 19.2 Å². The predicted molar refractivity (Wildman–Crippen MR) is 72.3 cm³/mol. The lowest BCUT2D eigenvalue weighted by Gasteiger charge is -2.09. The molecule has 0 radical (unpaired) electrons. The fourth-order valence-corrected chi connectivity index (χ4v) is 1.84. The Morgan fingerprint density at radius 1 is 1.26 bits per heavy atom. The minimum absolute atomic E-state index is 0.0416. The normalized spacial score (nSPS) is 9.95. The zero-order valence-electron chi connectivity index (χ0n) is 10.6. The maximum atomic E-state index is 9.15. The van der Waals surface area contributed by atoms with E-state index in [-0.39, 0.29) is 17.3 Å². The summed E-state index contributed by atoms with van der Waals surface area (Å²) in [7, 11) is 1.60. The lowest BCUT2D eigenvalue weighted by molar-refractivity contribution is 0.412. The van der Waals surface area contributed by atoms with Gasteiger partial charge in [-0.1, -0.05) is 0 Å². The van der Waals surface area contributed by atoms with Gasteiger partial charge in [0, 0.05) is 5.56 Å². The van der Waals surface area contributed by atoms with Crippen LogP contribution in [0.4, 0.5) is 11.8 Å². The zero-order valence-corrected chi connectivity index (χ0v) is 10.6. The number of nitrogens with two attached hydrogens (primary N) is 2. The van der Waals surface area contributed by atoms with Crippen molar-refractivity contribution in [3.8, 4) is 23.1 Å². The fourth-order valence-electron chi connectivity index (χ4n) is 1.84. The first-order valence-corrected chi connectivity index (χ1v) is 5.55. The highest BCUT2D eigenvalue weighted by Crippen LogP contribution is 2.29. The molecule has 4 N–H and O–H groups in total. The molecule has 0 aliphatic heterocycles. The Kier molecular flexibility index (Phi) is 3.21. The van der Waals surface area contributed by atoms with E-state index < -0.39 is 0 Å². The minimum atomic E-state index is 0.0416. The van der Waals surface area contributed by atoms with Gasteiger partial charge in [-0.05, 0) is 30.7 Å². The van der Waals surface area contributed by atoms with Crippen molar-refractivity contribution < 1.29 is 4.74 Å². The lowest BCUT2D eigenvalue weighted by Crippen LogP contribution is -2.05. The molecule has 0 aliphatic rings. The highest BCUT2D eigenvalue weighted by molar-refractivity contribution is 5.73. The summed E-state index contributed by atoms with van der Waals surface area (Å²) in [5.41, 5.74) is 13.6. The molecule has 2 rings (SSSR count). The summed E-state index contributed by atoms with van der Waals surface area (Å²) in [5.74, 6) is 0.885. The molecule has 0 aliphatic carbocycles. The molecule has 0 fully saturated rings. The van der Waals surface area contributed by atoms with Crippen LogP contribution in [0.2, 0.25) is 0 Å².